The molecule has 3 aliphatic rings. The summed E-state index contributed by atoms with van der Waals surface area (Å²) in [6.07, 6.45) is 4.42. The molecule has 3 atom stereocenters. The van der Waals surface area contributed by atoms with Gasteiger partial charge in [-0.2, -0.15) is 4.98 Å². The van der Waals surface area contributed by atoms with Gasteiger partial charge in [-0.1, -0.05) is 5.16 Å². The molecule has 1 aromatic heterocycles. The number of rotatable bonds is 4. The van der Waals surface area contributed by atoms with E-state index in [1.54, 1.807) is 0 Å². The number of nitrogens with zero attached hydrogens (tertiary/aromatic N) is 4. The molecule has 3 aliphatic heterocycles. The minimum Gasteiger partial charge on any atom is -0.373 e. The monoisotopic (exact) mass is 320 g/mol. The fraction of sp³-hybridized carbons (Fsp3) is 0.812. The first-order valence-corrected chi connectivity index (χ1v) is 8.62. The molecule has 7 nitrogen and oxygen atoms in total. The fourth-order valence-corrected chi connectivity index (χ4v) is 4.08. The highest BCUT2D eigenvalue weighted by molar-refractivity contribution is 5.78. The van der Waals surface area contributed by atoms with Crippen molar-refractivity contribution in [2.75, 3.05) is 32.7 Å². The summed E-state index contributed by atoms with van der Waals surface area (Å²) in [6.45, 7) is 6.06. The number of likely N-dealkylation sites (tertiary alicyclic amines) is 2. The van der Waals surface area contributed by atoms with Crippen molar-refractivity contribution in [3.05, 3.63) is 11.7 Å². The number of hydrogen-bond acceptors (Lipinski definition) is 6. The molecular weight excluding hydrogens is 296 g/mol. The summed E-state index contributed by atoms with van der Waals surface area (Å²) in [4.78, 5) is 20.7. The smallest absolute Gasteiger partial charge is 0.236 e. The third-order valence-corrected chi connectivity index (χ3v) is 5.18. The van der Waals surface area contributed by atoms with Gasteiger partial charge in [-0.15, -0.1) is 0 Å². The SMILES string of the molecule is Cc1noc(C[C@H]2C[C@H]3CN(CC(=O)N4CCCC4)C[C@H]3O2)n1. The van der Waals surface area contributed by atoms with E-state index in [0.717, 1.165) is 45.4 Å². The Morgan fingerprint density at radius 2 is 2.13 bits per heavy atom. The molecule has 0 spiro atoms. The lowest BCUT2D eigenvalue weighted by Gasteiger charge is -2.22. The number of aryl methyl sites for hydroxylation is 1. The fourth-order valence-electron chi connectivity index (χ4n) is 4.08. The second kappa shape index (κ2) is 6.20. The summed E-state index contributed by atoms with van der Waals surface area (Å²) in [5, 5.41) is 3.82. The Balaban J connectivity index is 1.25. The maximum atomic E-state index is 12.2. The van der Waals surface area contributed by atoms with Crippen molar-refractivity contribution < 1.29 is 14.1 Å². The van der Waals surface area contributed by atoms with Crippen LogP contribution in [0.15, 0.2) is 4.52 Å². The van der Waals surface area contributed by atoms with Crippen LogP contribution < -0.4 is 0 Å². The summed E-state index contributed by atoms with van der Waals surface area (Å²) in [6, 6.07) is 0. The van der Waals surface area contributed by atoms with Crippen LogP contribution in [0.25, 0.3) is 0 Å². The van der Waals surface area contributed by atoms with Gasteiger partial charge in [-0.05, 0) is 26.2 Å². The van der Waals surface area contributed by atoms with Gasteiger partial charge >= 0.3 is 0 Å². The Hall–Kier alpha value is -1.47. The minimum atomic E-state index is 0.168. The Morgan fingerprint density at radius 1 is 1.30 bits per heavy atom. The minimum absolute atomic E-state index is 0.168. The van der Waals surface area contributed by atoms with Crippen LogP contribution in [0, 0.1) is 12.8 Å². The van der Waals surface area contributed by atoms with Crippen LogP contribution in [0.5, 0.6) is 0 Å². The van der Waals surface area contributed by atoms with E-state index >= 15 is 0 Å². The summed E-state index contributed by atoms with van der Waals surface area (Å²) >= 11 is 0. The average molecular weight is 320 g/mol. The number of carbonyl (C=O) groups is 1. The molecule has 0 radical (unpaired) electrons. The van der Waals surface area contributed by atoms with Crippen molar-refractivity contribution >= 4 is 5.91 Å². The number of ether oxygens (including phenoxy) is 1. The van der Waals surface area contributed by atoms with Gasteiger partial charge in [0.2, 0.25) is 11.8 Å². The standard InChI is InChI=1S/C16H24N4O3/c1-11-17-15(23-18-11)7-13-6-12-8-19(9-14(12)22-13)10-16(21)20-4-2-3-5-20/h12-14H,2-10H2,1H3/t12-,13+,14+/m0/s1. The van der Waals surface area contributed by atoms with Gasteiger partial charge in [0.1, 0.15) is 0 Å². The van der Waals surface area contributed by atoms with Gasteiger partial charge in [0.15, 0.2) is 5.82 Å². The lowest BCUT2D eigenvalue weighted by atomic mass is 10.0. The van der Waals surface area contributed by atoms with Crippen molar-refractivity contribution in [2.45, 2.75) is 44.8 Å². The predicted molar refractivity (Wildman–Crippen MR) is 81.8 cm³/mol. The summed E-state index contributed by atoms with van der Waals surface area (Å²) in [5.74, 6) is 2.13. The largest absolute Gasteiger partial charge is 0.373 e. The normalized spacial score (nSPS) is 31.0. The topological polar surface area (TPSA) is 71.7 Å². The number of amides is 1. The van der Waals surface area contributed by atoms with Crippen molar-refractivity contribution in [3.63, 3.8) is 0 Å². The molecule has 0 aromatic carbocycles. The summed E-state index contributed by atoms with van der Waals surface area (Å²) in [7, 11) is 0. The van der Waals surface area contributed by atoms with E-state index in [2.05, 4.69) is 15.0 Å². The van der Waals surface area contributed by atoms with Crippen molar-refractivity contribution in [1.82, 2.24) is 19.9 Å². The Morgan fingerprint density at radius 3 is 2.83 bits per heavy atom. The van der Waals surface area contributed by atoms with E-state index in [1.807, 2.05) is 11.8 Å². The van der Waals surface area contributed by atoms with Crippen LogP contribution >= 0.6 is 0 Å². The lowest BCUT2D eigenvalue weighted by Crippen LogP contribution is -2.39. The van der Waals surface area contributed by atoms with Gasteiger partial charge in [-0.3, -0.25) is 9.69 Å². The second-order valence-corrected chi connectivity index (χ2v) is 7.01. The highest BCUT2D eigenvalue weighted by atomic mass is 16.5. The van der Waals surface area contributed by atoms with E-state index in [-0.39, 0.29) is 18.1 Å². The molecule has 0 saturated carbocycles. The molecule has 4 heterocycles. The predicted octanol–water partition coefficient (Wildman–Crippen LogP) is 0.632. The Kier molecular flexibility index (Phi) is 4.07. The summed E-state index contributed by atoms with van der Waals surface area (Å²) < 4.78 is 11.3. The van der Waals surface area contributed by atoms with Crippen molar-refractivity contribution in [1.29, 1.82) is 0 Å². The molecule has 0 aliphatic carbocycles. The molecule has 0 unspecified atom stereocenters. The average Bonchev–Trinajstić information content (AvgIpc) is 3.23. The molecule has 3 fully saturated rings. The molecule has 23 heavy (non-hydrogen) atoms. The first-order chi connectivity index (χ1) is 11.2. The molecule has 126 valence electrons. The zero-order valence-electron chi connectivity index (χ0n) is 13.6. The van der Waals surface area contributed by atoms with Crippen LogP contribution in [-0.2, 0) is 16.0 Å². The van der Waals surface area contributed by atoms with Gasteiger partial charge in [0.25, 0.3) is 0 Å². The van der Waals surface area contributed by atoms with Gasteiger partial charge < -0.3 is 14.2 Å². The maximum Gasteiger partial charge on any atom is 0.236 e. The first kappa shape index (κ1) is 15.1. The van der Waals surface area contributed by atoms with E-state index < -0.39 is 0 Å². The Labute approximate surface area is 136 Å². The molecule has 7 heteroatoms. The zero-order chi connectivity index (χ0) is 15.8. The van der Waals surface area contributed by atoms with Crippen LogP contribution in [0.2, 0.25) is 0 Å². The number of fused-ring (bicyclic) bond motifs is 1. The molecule has 0 N–H and O–H groups in total. The zero-order valence-corrected chi connectivity index (χ0v) is 13.6. The number of carbonyl (C=O) groups excluding carboxylic acids is 1. The van der Waals surface area contributed by atoms with Gasteiger partial charge in [0, 0.05) is 32.1 Å². The van der Waals surface area contributed by atoms with Crippen LogP contribution in [-0.4, -0.2) is 70.8 Å². The van der Waals surface area contributed by atoms with E-state index in [0.29, 0.717) is 30.6 Å². The third-order valence-electron chi connectivity index (χ3n) is 5.18. The lowest BCUT2D eigenvalue weighted by molar-refractivity contribution is -0.131. The molecular formula is C16H24N4O3. The quantitative estimate of drug-likeness (QED) is 0.810. The van der Waals surface area contributed by atoms with Crippen LogP contribution in [0.4, 0.5) is 0 Å². The number of hydrogen-bond donors (Lipinski definition) is 0. The maximum absolute atomic E-state index is 12.2. The highest BCUT2D eigenvalue weighted by Gasteiger charge is 2.42. The van der Waals surface area contributed by atoms with E-state index in [9.17, 15) is 4.79 Å². The third kappa shape index (κ3) is 3.26. The molecule has 1 aromatic rings. The van der Waals surface area contributed by atoms with Crippen LogP contribution in [0.1, 0.15) is 31.0 Å². The molecule has 4 rings (SSSR count). The summed E-state index contributed by atoms with van der Waals surface area (Å²) in [5.41, 5.74) is 0. The van der Waals surface area contributed by atoms with E-state index in [4.69, 9.17) is 9.26 Å². The molecule has 0 bridgehead atoms. The van der Waals surface area contributed by atoms with Gasteiger partial charge in [0.05, 0.1) is 25.2 Å². The van der Waals surface area contributed by atoms with Crippen molar-refractivity contribution in [2.24, 2.45) is 5.92 Å². The number of aromatic nitrogens is 2. The van der Waals surface area contributed by atoms with Gasteiger partial charge in [-0.25, -0.2) is 0 Å². The highest BCUT2D eigenvalue weighted by Crippen LogP contribution is 2.34. The first-order valence-electron chi connectivity index (χ1n) is 8.62. The van der Waals surface area contributed by atoms with E-state index in [1.165, 1.54) is 0 Å². The molecule has 3 saturated heterocycles. The Bertz CT molecular complexity index is 555. The molecule has 1 amide bonds. The van der Waals surface area contributed by atoms with Crippen molar-refractivity contribution in [3.8, 4) is 0 Å². The van der Waals surface area contributed by atoms with Crippen LogP contribution in [0.3, 0.4) is 0 Å². The second-order valence-electron chi connectivity index (χ2n) is 7.01.